The highest BCUT2D eigenvalue weighted by atomic mass is 35.5. The SMILES string of the molecule is COc1ccc(Cl)cc1N(CC(=O)NN=Cc1ccc(OCC(=O)OC(C)(C)C)cc1)S(=O)(=O)c1ccccc1. The van der Waals surface area contributed by atoms with Gasteiger partial charge in [-0.15, -0.1) is 0 Å². The Morgan fingerprint density at radius 2 is 1.70 bits per heavy atom. The van der Waals surface area contributed by atoms with Crippen molar-refractivity contribution in [3.63, 3.8) is 0 Å². The van der Waals surface area contributed by atoms with Crippen LogP contribution in [-0.4, -0.2) is 52.4 Å². The lowest BCUT2D eigenvalue weighted by Crippen LogP contribution is -2.39. The molecular formula is C28H30ClN3O7S. The van der Waals surface area contributed by atoms with Crippen molar-refractivity contribution in [3.05, 3.63) is 83.4 Å². The van der Waals surface area contributed by atoms with E-state index in [1.54, 1.807) is 69.3 Å². The van der Waals surface area contributed by atoms with E-state index in [4.69, 9.17) is 25.8 Å². The fraction of sp³-hybridized carbons (Fsp3) is 0.250. The number of halogens is 1. The zero-order valence-electron chi connectivity index (χ0n) is 22.5. The molecule has 0 unspecified atom stereocenters. The first kappa shape index (κ1) is 30.5. The zero-order chi connectivity index (χ0) is 29.3. The van der Waals surface area contributed by atoms with Crippen LogP contribution in [0.1, 0.15) is 26.3 Å². The summed E-state index contributed by atoms with van der Waals surface area (Å²) in [4.78, 5) is 24.6. The van der Waals surface area contributed by atoms with E-state index in [-0.39, 0.29) is 28.0 Å². The van der Waals surface area contributed by atoms with Gasteiger partial charge in [-0.05, 0) is 80.9 Å². The zero-order valence-corrected chi connectivity index (χ0v) is 24.0. The average molecular weight is 588 g/mol. The molecule has 0 fully saturated rings. The number of rotatable bonds is 11. The van der Waals surface area contributed by atoms with Crippen molar-refractivity contribution in [2.75, 3.05) is 24.6 Å². The molecule has 0 spiro atoms. The number of nitrogens with one attached hydrogen (secondary N) is 1. The second-order valence-corrected chi connectivity index (χ2v) is 11.7. The number of hydrogen-bond donors (Lipinski definition) is 1. The number of nitrogens with zero attached hydrogens (tertiary/aromatic N) is 2. The summed E-state index contributed by atoms with van der Waals surface area (Å²) in [5, 5.41) is 4.19. The molecule has 0 atom stereocenters. The molecule has 0 saturated carbocycles. The number of ether oxygens (including phenoxy) is 3. The van der Waals surface area contributed by atoms with Crippen LogP contribution in [0.15, 0.2) is 82.8 Å². The van der Waals surface area contributed by atoms with Gasteiger partial charge < -0.3 is 14.2 Å². The quantitative estimate of drug-likeness (QED) is 0.200. The summed E-state index contributed by atoms with van der Waals surface area (Å²) in [5.74, 6) is -0.520. The number of carbonyl (C=O) groups excluding carboxylic acids is 2. The van der Waals surface area contributed by atoms with E-state index in [1.807, 2.05) is 0 Å². The molecule has 212 valence electrons. The second kappa shape index (κ2) is 13.3. The van der Waals surface area contributed by atoms with Crippen molar-refractivity contribution in [2.45, 2.75) is 31.3 Å². The lowest BCUT2D eigenvalue weighted by Gasteiger charge is -2.25. The summed E-state index contributed by atoms with van der Waals surface area (Å²) in [6.45, 7) is 4.48. The van der Waals surface area contributed by atoms with Crippen molar-refractivity contribution < 1.29 is 32.2 Å². The van der Waals surface area contributed by atoms with Crippen molar-refractivity contribution in [3.8, 4) is 11.5 Å². The molecule has 0 aliphatic rings. The van der Waals surface area contributed by atoms with Crippen LogP contribution >= 0.6 is 11.6 Å². The molecule has 1 N–H and O–H groups in total. The van der Waals surface area contributed by atoms with Crippen LogP contribution in [-0.2, 0) is 24.3 Å². The highest BCUT2D eigenvalue weighted by molar-refractivity contribution is 7.92. The lowest BCUT2D eigenvalue weighted by atomic mass is 10.2. The van der Waals surface area contributed by atoms with Crippen molar-refractivity contribution in [2.24, 2.45) is 5.10 Å². The Bertz CT molecular complexity index is 1460. The number of sulfonamides is 1. The van der Waals surface area contributed by atoms with Crippen molar-refractivity contribution in [1.29, 1.82) is 0 Å². The molecule has 40 heavy (non-hydrogen) atoms. The number of esters is 1. The molecule has 3 aromatic rings. The van der Waals surface area contributed by atoms with Gasteiger partial charge in [0, 0.05) is 5.02 Å². The van der Waals surface area contributed by atoms with E-state index in [9.17, 15) is 18.0 Å². The summed E-state index contributed by atoms with van der Waals surface area (Å²) in [5.41, 5.74) is 2.46. The largest absolute Gasteiger partial charge is 0.495 e. The van der Waals surface area contributed by atoms with Crippen LogP contribution in [0.3, 0.4) is 0 Å². The average Bonchev–Trinajstić information content (AvgIpc) is 2.90. The standard InChI is InChI=1S/C28H30ClN3O7S/c1-28(2,3)39-27(34)19-38-22-13-10-20(11-14-22)17-30-31-26(33)18-32(24-16-21(29)12-15-25(24)37-4)40(35,36)23-8-6-5-7-9-23/h5-17H,18-19H2,1-4H3,(H,31,33). The predicted octanol–water partition coefficient (Wildman–Crippen LogP) is 4.41. The van der Waals surface area contributed by atoms with E-state index >= 15 is 0 Å². The number of amides is 1. The van der Waals surface area contributed by atoms with Gasteiger partial charge in [0.15, 0.2) is 6.61 Å². The number of carbonyl (C=O) groups is 2. The monoisotopic (exact) mass is 587 g/mol. The Morgan fingerprint density at radius 3 is 2.33 bits per heavy atom. The third-order valence-corrected chi connectivity index (χ3v) is 7.10. The summed E-state index contributed by atoms with van der Waals surface area (Å²) < 4.78 is 43.9. The summed E-state index contributed by atoms with van der Waals surface area (Å²) >= 11 is 6.14. The van der Waals surface area contributed by atoms with E-state index in [0.717, 1.165) is 4.31 Å². The fourth-order valence-electron chi connectivity index (χ4n) is 3.39. The molecule has 10 nitrogen and oxygen atoms in total. The molecule has 3 rings (SSSR count). The van der Waals surface area contributed by atoms with Gasteiger partial charge in [0.2, 0.25) is 0 Å². The van der Waals surface area contributed by atoms with Gasteiger partial charge in [-0.2, -0.15) is 5.10 Å². The van der Waals surface area contributed by atoms with E-state index in [0.29, 0.717) is 11.3 Å². The normalized spacial score (nSPS) is 11.6. The Morgan fingerprint density at radius 1 is 1.02 bits per heavy atom. The van der Waals surface area contributed by atoms with Crippen LogP contribution in [0.4, 0.5) is 5.69 Å². The smallest absolute Gasteiger partial charge is 0.344 e. The van der Waals surface area contributed by atoms with E-state index in [1.165, 1.54) is 37.6 Å². The first-order valence-electron chi connectivity index (χ1n) is 12.1. The van der Waals surface area contributed by atoms with Crippen LogP contribution in [0.25, 0.3) is 0 Å². The maximum Gasteiger partial charge on any atom is 0.344 e. The van der Waals surface area contributed by atoms with Gasteiger partial charge in [-0.25, -0.2) is 18.6 Å². The van der Waals surface area contributed by atoms with Crippen LogP contribution in [0.2, 0.25) is 5.02 Å². The van der Waals surface area contributed by atoms with E-state index in [2.05, 4.69) is 10.5 Å². The van der Waals surface area contributed by atoms with Crippen molar-refractivity contribution in [1.82, 2.24) is 5.43 Å². The van der Waals surface area contributed by atoms with E-state index < -0.39 is 34.0 Å². The van der Waals surface area contributed by atoms with Crippen LogP contribution in [0.5, 0.6) is 11.5 Å². The second-order valence-electron chi connectivity index (χ2n) is 9.38. The number of methoxy groups -OCH3 is 1. The molecule has 3 aromatic carbocycles. The fourth-order valence-corrected chi connectivity index (χ4v) is 5.00. The minimum absolute atomic E-state index is 0.0118. The third-order valence-electron chi connectivity index (χ3n) is 5.09. The Balaban J connectivity index is 1.70. The van der Waals surface area contributed by atoms with Crippen LogP contribution in [0, 0.1) is 0 Å². The Hall–Kier alpha value is -4.09. The predicted molar refractivity (Wildman–Crippen MR) is 152 cm³/mol. The molecule has 12 heteroatoms. The molecule has 0 radical (unpaired) electrons. The highest BCUT2D eigenvalue weighted by Gasteiger charge is 2.29. The number of anilines is 1. The van der Waals surface area contributed by atoms with Gasteiger partial charge in [0.1, 0.15) is 23.6 Å². The minimum Gasteiger partial charge on any atom is -0.495 e. The highest BCUT2D eigenvalue weighted by Crippen LogP contribution is 2.34. The number of benzene rings is 3. The first-order valence-corrected chi connectivity index (χ1v) is 13.9. The first-order chi connectivity index (χ1) is 18.9. The van der Waals surface area contributed by atoms with Gasteiger partial charge in [-0.3, -0.25) is 9.10 Å². The van der Waals surface area contributed by atoms with Crippen LogP contribution < -0.4 is 19.2 Å². The number of hydrogen-bond acceptors (Lipinski definition) is 8. The number of hydrazone groups is 1. The van der Waals surface area contributed by atoms with Crippen molar-refractivity contribution >= 4 is 45.4 Å². The third kappa shape index (κ3) is 8.72. The Kier molecular flexibility index (Phi) is 10.1. The van der Waals surface area contributed by atoms with Gasteiger partial charge in [0.25, 0.3) is 15.9 Å². The molecule has 0 aliphatic carbocycles. The molecule has 0 aliphatic heterocycles. The molecule has 0 bridgehead atoms. The summed E-state index contributed by atoms with van der Waals surface area (Å²) in [6, 6.07) is 18.8. The molecule has 0 heterocycles. The maximum atomic E-state index is 13.5. The molecule has 1 amide bonds. The maximum absolute atomic E-state index is 13.5. The molecule has 0 saturated heterocycles. The molecule has 0 aromatic heterocycles. The Labute approximate surface area is 238 Å². The topological polar surface area (TPSA) is 124 Å². The van der Waals surface area contributed by atoms with Gasteiger partial charge in [-0.1, -0.05) is 29.8 Å². The molecular weight excluding hydrogens is 558 g/mol. The minimum atomic E-state index is -4.17. The summed E-state index contributed by atoms with van der Waals surface area (Å²) in [6.07, 6.45) is 1.38. The van der Waals surface area contributed by atoms with Gasteiger partial charge >= 0.3 is 5.97 Å². The lowest BCUT2D eigenvalue weighted by molar-refractivity contribution is -0.157. The van der Waals surface area contributed by atoms with Gasteiger partial charge in [0.05, 0.1) is 23.9 Å². The summed E-state index contributed by atoms with van der Waals surface area (Å²) in [7, 11) is -2.78.